The van der Waals surface area contributed by atoms with Gasteiger partial charge in [-0.2, -0.15) is 0 Å². The van der Waals surface area contributed by atoms with E-state index in [1.54, 1.807) is 0 Å². The Morgan fingerprint density at radius 1 is 1.33 bits per heavy atom. The maximum Gasteiger partial charge on any atom is 0.208 e. The van der Waals surface area contributed by atoms with Gasteiger partial charge >= 0.3 is 0 Å². The van der Waals surface area contributed by atoms with Gasteiger partial charge in [-0.25, -0.2) is 5.84 Å². The predicted octanol–water partition coefficient (Wildman–Crippen LogP) is 2.36. The first-order valence-corrected chi connectivity index (χ1v) is 7.32. The highest BCUT2D eigenvalue weighted by Crippen LogP contribution is 2.28. The van der Waals surface area contributed by atoms with Crippen LogP contribution in [0.3, 0.4) is 0 Å². The SMILES string of the molecule is CCC1CCC(N(C)C(=NCC(C)C)NN)CC1. The molecule has 0 aromatic carbocycles. The van der Waals surface area contributed by atoms with Crippen LogP contribution in [0, 0.1) is 11.8 Å². The Balaban J connectivity index is 2.51. The summed E-state index contributed by atoms with van der Waals surface area (Å²) in [6, 6.07) is 0.592. The van der Waals surface area contributed by atoms with E-state index in [-0.39, 0.29) is 0 Å². The molecule has 1 rings (SSSR count). The average Bonchev–Trinajstić information content (AvgIpc) is 2.39. The van der Waals surface area contributed by atoms with Gasteiger partial charge in [0.15, 0.2) is 0 Å². The largest absolute Gasteiger partial charge is 0.342 e. The van der Waals surface area contributed by atoms with Gasteiger partial charge in [0, 0.05) is 19.6 Å². The number of guanidine groups is 1. The van der Waals surface area contributed by atoms with Gasteiger partial charge in [-0.3, -0.25) is 10.4 Å². The molecule has 0 aliphatic heterocycles. The molecular formula is C14H30N4. The molecule has 0 saturated heterocycles. The fraction of sp³-hybridized carbons (Fsp3) is 0.929. The van der Waals surface area contributed by atoms with E-state index in [1.807, 2.05) is 0 Å². The average molecular weight is 254 g/mol. The minimum Gasteiger partial charge on any atom is -0.342 e. The summed E-state index contributed by atoms with van der Waals surface area (Å²) in [5.74, 6) is 7.93. The lowest BCUT2D eigenvalue weighted by molar-refractivity contribution is 0.222. The van der Waals surface area contributed by atoms with E-state index < -0.39 is 0 Å². The van der Waals surface area contributed by atoms with Gasteiger partial charge in [-0.05, 0) is 37.5 Å². The van der Waals surface area contributed by atoms with Crippen molar-refractivity contribution in [3.63, 3.8) is 0 Å². The van der Waals surface area contributed by atoms with Crippen LogP contribution in [-0.4, -0.2) is 30.5 Å². The second-order valence-corrected chi connectivity index (χ2v) is 5.90. The van der Waals surface area contributed by atoms with Crippen molar-refractivity contribution in [3.05, 3.63) is 0 Å². The Labute approximate surface area is 112 Å². The number of nitrogens with zero attached hydrogens (tertiary/aromatic N) is 2. The lowest BCUT2D eigenvalue weighted by Gasteiger charge is -2.35. The zero-order chi connectivity index (χ0) is 13.5. The van der Waals surface area contributed by atoms with Gasteiger partial charge < -0.3 is 4.90 Å². The third kappa shape index (κ3) is 4.48. The van der Waals surface area contributed by atoms with E-state index in [2.05, 4.69) is 43.1 Å². The first kappa shape index (κ1) is 15.3. The second kappa shape index (κ2) is 7.62. The molecule has 1 aliphatic carbocycles. The van der Waals surface area contributed by atoms with Crippen LogP contribution in [-0.2, 0) is 0 Å². The van der Waals surface area contributed by atoms with E-state index in [0.29, 0.717) is 12.0 Å². The summed E-state index contributed by atoms with van der Waals surface area (Å²) in [5, 5.41) is 0. The molecule has 0 amide bonds. The van der Waals surface area contributed by atoms with Crippen LogP contribution in [0.2, 0.25) is 0 Å². The van der Waals surface area contributed by atoms with E-state index in [1.165, 1.54) is 32.1 Å². The van der Waals surface area contributed by atoms with Crippen molar-refractivity contribution < 1.29 is 0 Å². The number of aliphatic imine (C=N–C) groups is 1. The maximum atomic E-state index is 5.60. The topological polar surface area (TPSA) is 53.6 Å². The van der Waals surface area contributed by atoms with Crippen LogP contribution in [0.1, 0.15) is 52.9 Å². The smallest absolute Gasteiger partial charge is 0.208 e. The van der Waals surface area contributed by atoms with Crippen molar-refractivity contribution in [2.75, 3.05) is 13.6 Å². The third-order valence-corrected chi connectivity index (χ3v) is 4.01. The minimum absolute atomic E-state index is 0.567. The van der Waals surface area contributed by atoms with Gasteiger partial charge in [0.25, 0.3) is 0 Å². The lowest BCUT2D eigenvalue weighted by Crippen LogP contribution is -2.48. The Kier molecular flexibility index (Phi) is 6.47. The Morgan fingerprint density at radius 2 is 1.94 bits per heavy atom. The number of nitrogens with two attached hydrogens (primary N) is 1. The van der Waals surface area contributed by atoms with E-state index in [4.69, 9.17) is 5.84 Å². The normalized spacial score (nSPS) is 25.3. The molecule has 0 unspecified atom stereocenters. The molecule has 18 heavy (non-hydrogen) atoms. The molecule has 4 heteroatoms. The molecule has 0 atom stereocenters. The van der Waals surface area contributed by atoms with Gasteiger partial charge in [0.05, 0.1) is 0 Å². The van der Waals surface area contributed by atoms with Crippen molar-refractivity contribution in [2.24, 2.45) is 22.7 Å². The number of rotatable bonds is 4. The van der Waals surface area contributed by atoms with Crippen LogP contribution in [0.5, 0.6) is 0 Å². The zero-order valence-electron chi connectivity index (χ0n) is 12.4. The van der Waals surface area contributed by atoms with Gasteiger partial charge in [-0.1, -0.05) is 27.2 Å². The standard InChI is InChI=1S/C14H30N4/c1-5-12-6-8-13(9-7-12)18(4)14(17-15)16-10-11(2)3/h11-13H,5-10,15H2,1-4H3,(H,16,17). The molecule has 106 valence electrons. The summed E-state index contributed by atoms with van der Waals surface area (Å²) in [6.45, 7) is 7.47. The zero-order valence-corrected chi connectivity index (χ0v) is 12.4. The highest BCUT2D eigenvalue weighted by atomic mass is 15.4. The molecule has 0 aromatic heterocycles. The molecule has 0 aromatic rings. The first-order valence-electron chi connectivity index (χ1n) is 7.32. The molecule has 4 nitrogen and oxygen atoms in total. The summed E-state index contributed by atoms with van der Waals surface area (Å²) in [5.41, 5.74) is 2.76. The third-order valence-electron chi connectivity index (χ3n) is 4.01. The number of hydrazine groups is 1. The van der Waals surface area contributed by atoms with Crippen molar-refractivity contribution >= 4 is 5.96 Å². The molecular weight excluding hydrogens is 224 g/mol. The van der Waals surface area contributed by atoms with Crippen LogP contribution >= 0.6 is 0 Å². The summed E-state index contributed by atoms with van der Waals surface area (Å²) in [7, 11) is 2.11. The van der Waals surface area contributed by atoms with Crippen molar-refractivity contribution in [3.8, 4) is 0 Å². The Bertz CT molecular complexity index is 255. The second-order valence-electron chi connectivity index (χ2n) is 5.90. The molecule has 1 fully saturated rings. The number of hydrogen-bond donors (Lipinski definition) is 2. The molecule has 1 aliphatic rings. The maximum absolute atomic E-state index is 5.60. The predicted molar refractivity (Wildman–Crippen MR) is 78.3 cm³/mol. The molecule has 0 spiro atoms. The van der Waals surface area contributed by atoms with Crippen molar-refractivity contribution in [1.29, 1.82) is 0 Å². The van der Waals surface area contributed by atoms with E-state index >= 15 is 0 Å². The minimum atomic E-state index is 0.567. The van der Waals surface area contributed by atoms with Crippen LogP contribution in [0.4, 0.5) is 0 Å². The lowest BCUT2D eigenvalue weighted by atomic mass is 9.84. The van der Waals surface area contributed by atoms with Crippen molar-refractivity contribution in [2.45, 2.75) is 58.9 Å². The van der Waals surface area contributed by atoms with Crippen LogP contribution in [0.25, 0.3) is 0 Å². The fourth-order valence-electron chi connectivity index (χ4n) is 2.64. The summed E-state index contributed by atoms with van der Waals surface area (Å²) in [4.78, 5) is 6.79. The fourth-order valence-corrected chi connectivity index (χ4v) is 2.64. The van der Waals surface area contributed by atoms with Gasteiger partial charge in [0.1, 0.15) is 0 Å². The number of nitrogens with one attached hydrogen (secondary N) is 1. The molecule has 3 N–H and O–H groups in total. The highest BCUT2D eigenvalue weighted by molar-refractivity contribution is 5.79. The highest BCUT2D eigenvalue weighted by Gasteiger charge is 2.24. The van der Waals surface area contributed by atoms with Gasteiger partial charge in [-0.15, -0.1) is 0 Å². The summed E-state index contributed by atoms with van der Waals surface area (Å²) < 4.78 is 0. The molecule has 1 saturated carbocycles. The molecule has 0 bridgehead atoms. The molecule has 0 radical (unpaired) electrons. The first-order chi connectivity index (χ1) is 8.58. The quantitative estimate of drug-likeness (QED) is 0.350. The van der Waals surface area contributed by atoms with Gasteiger partial charge in [0.2, 0.25) is 5.96 Å². The summed E-state index contributed by atoms with van der Waals surface area (Å²) >= 11 is 0. The van der Waals surface area contributed by atoms with Crippen LogP contribution in [0.15, 0.2) is 4.99 Å². The van der Waals surface area contributed by atoms with E-state index in [9.17, 15) is 0 Å². The molecule has 0 heterocycles. The Morgan fingerprint density at radius 3 is 2.39 bits per heavy atom. The van der Waals surface area contributed by atoms with Crippen LogP contribution < -0.4 is 11.3 Å². The Hall–Kier alpha value is -0.770. The number of hydrogen-bond acceptors (Lipinski definition) is 2. The van der Waals surface area contributed by atoms with E-state index in [0.717, 1.165) is 18.4 Å². The summed E-state index contributed by atoms with van der Waals surface area (Å²) in [6.07, 6.45) is 6.52. The monoisotopic (exact) mass is 254 g/mol. The van der Waals surface area contributed by atoms with Crippen molar-refractivity contribution in [1.82, 2.24) is 10.3 Å².